The van der Waals surface area contributed by atoms with Crippen LogP contribution < -0.4 is 5.73 Å². The molecule has 1 saturated heterocycles. The number of benzene rings is 1. The van der Waals surface area contributed by atoms with E-state index in [1.165, 1.54) is 11.1 Å². The maximum Gasteiger partial charge on any atom is 0.0975 e. The molecule has 1 heterocycles. The first-order chi connectivity index (χ1) is 6.77. The molecule has 2 nitrogen and oxygen atoms in total. The van der Waals surface area contributed by atoms with Gasteiger partial charge in [-0.1, -0.05) is 29.8 Å². The van der Waals surface area contributed by atoms with E-state index in [0.29, 0.717) is 0 Å². The van der Waals surface area contributed by atoms with Gasteiger partial charge in [-0.2, -0.15) is 0 Å². The Morgan fingerprint density at radius 3 is 2.64 bits per heavy atom. The van der Waals surface area contributed by atoms with E-state index in [-0.39, 0.29) is 12.1 Å². The standard InChI is InChI=1S/C12H17NO/c1-9-4-6-10(7-5-9)12-11(13)3-2-8-14-12/h4-7,11-12H,2-3,8,13H2,1H3/t11-,12-/m0/s1. The second-order valence-corrected chi connectivity index (χ2v) is 4.01. The number of ether oxygens (including phenoxy) is 1. The van der Waals surface area contributed by atoms with Crippen molar-refractivity contribution >= 4 is 0 Å². The average molecular weight is 191 g/mol. The van der Waals surface area contributed by atoms with Crippen LogP contribution in [0.1, 0.15) is 30.1 Å². The molecule has 0 bridgehead atoms. The van der Waals surface area contributed by atoms with Gasteiger partial charge in [-0.25, -0.2) is 0 Å². The second-order valence-electron chi connectivity index (χ2n) is 4.01. The monoisotopic (exact) mass is 191 g/mol. The van der Waals surface area contributed by atoms with E-state index in [4.69, 9.17) is 10.5 Å². The Balaban J connectivity index is 2.16. The lowest BCUT2D eigenvalue weighted by molar-refractivity contribution is 0.000142. The number of rotatable bonds is 1. The molecule has 2 rings (SSSR count). The van der Waals surface area contributed by atoms with Gasteiger partial charge < -0.3 is 10.5 Å². The Labute approximate surface area is 85.1 Å². The Bertz CT molecular complexity index is 294. The second kappa shape index (κ2) is 4.11. The summed E-state index contributed by atoms with van der Waals surface area (Å²) in [5.41, 5.74) is 8.51. The van der Waals surface area contributed by atoms with Gasteiger partial charge >= 0.3 is 0 Å². The van der Waals surface area contributed by atoms with E-state index < -0.39 is 0 Å². The Kier molecular flexibility index (Phi) is 2.85. The Hall–Kier alpha value is -0.860. The summed E-state index contributed by atoms with van der Waals surface area (Å²) in [6, 6.07) is 8.61. The fourth-order valence-electron chi connectivity index (χ4n) is 1.90. The number of hydrogen-bond acceptors (Lipinski definition) is 2. The molecule has 1 aliphatic heterocycles. The van der Waals surface area contributed by atoms with Gasteiger partial charge in [0.15, 0.2) is 0 Å². The number of nitrogens with two attached hydrogens (primary N) is 1. The first kappa shape index (κ1) is 9.69. The largest absolute Gasteiger partial charge is 0.372 e. The molecule has 2 atom stereocenters. The highest BCUT2D eigenvalue weighted by Gasteiger charge is 2.23. The van der Waals surface area contributed by atoms with Gasteiger partial charge in [0, 0.05) is 12.6 Å². The van der Waals surface area contributed by atoms with Crippen LogP contribution in [0.5, 0.6) is 0 Å². The molecule has 1 fully saturated rings. The van der Waals surface area contributed by atoms with Gasteiger partial charge in [0.25, 0.3) is 0 Å². The van der Waals surface area contributed by atoms with Crippen molar-refractivity contribution in [2.24, 2.45) is 5.73 Å². The van der Waals surface area contributed by atoms with Gasteiger partial charge in [0.05, 0.1) is 6.10 Å². The molecule has 1 aromatic rings. The normalized spacial score (nSPS) is 27.6. The molecule has 76 valence electrons. The summed E-state index contributed by atoms with van der Waals surface area (Å²) >= 11 is 0. The Morgan fingerprint density at radius 1 is 1.29 bits per heavy atom. The fraction of sp³-hybridized carbons (Fsp3) is 0.500. The lowest BCUT2D eigenvalue weighted by Gasteiger charge is -2.29. The van der Waals surface area contributed by atoms with Crippen LogP contribution >= 0.6 is 0 Å². The predicted octanol–water partition coefficient (Wildman–Crippen LogP) is 2.17. The molecule has 0 saturated carbocycles. The fourth-order valence-corrected chi connectivity index (χ4v) is 1.90. The van der Waals surface area contributed by atoms with Crippen LogP contribution in [0.3, 0.4) is 0 Å². The summed E-state index contributed by atoms with van der Waals surface area (Å²) in [6.45, 7) is 2.93. The van der Waals surface area contributed by atoms with E-state index in [1.54, 1.807) is 0 Å². The quantitative estimate of drug-likeness (QED) is 0.738. The summed E-state index contributed by atoms with van der Waals surface area (Å²) in [7, 11) is 0. The van der Waals surface area contributed by atoms with Gasteiger partial charge in [0.1, 0.15) is 0 Å². The van der Waals surface area contributed by atoms with Crippen LogP contribution in [0.15, 0.2) is 24.3 Å². The molecule has 1 aliphatic rings. The van der Waals surface area contributed by atoms with Crippen molar-refractivity contribution in [3.63, 3.8) is 0 Å². The minimum atomic E-state index is 0.101. The lowest BCUT2D eigenvalue weighted by Crippen LogP contribution is -2.34. The summed E-state index contributed by atoms with van der Waals surface area (Å²) in [5.74, 6) is 0. The van der Waals surface area contributed by atoms with Crippen molar-refractivity contribution in [3.05, 3.63) is 35.4 Å². The van der Waals surface area contributed by atoms with E-state index in [1.807, 2.05) is 0 Å². The zero-order chi connectivity index (χ0) is 9.97. The van der Waals surface area contributed by atoms with Gasteiger partial charge in [0.2, 0.25) is 0 Å². The first-order valence-corrected chi connectivity index (χ1v) is 5.21. The molecule has 2 N–H and O–H groups in total. The van der Waals surface area contributed by atoms with Crippen LogP contribution in [0, 0.1) is 6.92 Å². The molecule has 0 spiro atoms. The van der Waals surface area contributed by atoms with E-state index in [2.05, 4.69) is 31.2 Å². The van der Waals surface area contributed by atoms with Crippen LogP contribution in [0.4, 0.5) is 0 Å². The third kappa shape index (κ3) is 1.97. The van der Waals surface area contributed by atoms with Crippen molar-refractivity contribution in [3.8, 4) is 0 Å². The molecule has 2 heteroatoms. The molecular weight excluding hydrogens is 174 g/mol. The summed E-state index contributed by atoms with van der Waals surface area (Å²) in [4.78, 5) is 0. The summed E-state index contributed by atoms with van der Waals surface area (Å²) in [5, 5.41) is 0. The average Bonchev–Trinajstić information content (AvgIpc) is 2.20. The van der Waals surface area contributed by atoms with Crippen LogP contribution in [0.25, 0.3) is 0 Å². The SMILES string of the molecule is Cc1ccc([C@@H]2OCCC[C@@H]2N)cc1. The molecule has 1 aromatic carbocycles. The highest BCUT2D eigenvalue weighted by atomic mass is 16.5. The van der Waals surface area contributed by atoms with Crippen molar-refractivity contribution in [2.75, 3.05) is 6.61 Å². The van der Waals surface area contributed by atoms with Crippen molar-refractivity contribution in [1.82, 2.24) is 0 Å². The van der Waals surface area contributed by atoms with Crippen molar-refractivity contribution < 1.29 is 4.74 Å². The van der Waals surface area contributed by atoms with E-state index in [9.17, 15) is 0 Å². The van der Waals surface area contributed by atoms with Gasteiger partial charge in [-0.3, -0.25) is 0 Å². The number of aryl methyl sites for hydroxylation is 1. The molecular formula is C12H17NO. The van der Waals surface area contributed by atoms with Gasteiger partial charge in [-0.05, 0) is 25.3 Å². The molecule has 0 amide bonds. The molecule has 0 aromatic heterocycles. The van der Waals surface area contributed by atoms with Crippen LogP contribution in [-0.2, 0) is 4.74 Å². The van der Waals surface area contributed by atoms with Crippen LogP contribution in [-0.4, -0.2) is 12.6 Å². The molecule has 0 aliphatic carbocycles. The highest BCUT2D eigenvalue weighted by Crippen LogP contribution is 2.26. The summed E-state index contributed by atoms with van der Waals surface area (Å²) in [6.07, 6.45) is 2.26. The molecule has 14 heavy (non-hydrogen) atoms. The van der Waals surface area contributed by atoms with Gasteiger partial charge in [-0.15, -0.1) is 0 Å². The maximum absolute atomic E-state index is 6.02. The third-order valence-corrected chi connectivity index (χ3v) is 2.77. The zero-order valence-corrected chi connectivity index (χ0v) is 8.57. The Morgan fingerprint density at radius 2 is 2.00 bits per heavy atom. The van der Waals surface area contributed by atoms with Crippen molar-refractivity contribution in [1.29, 1.82) is 0 Å². The zero-order valence-electron chi connectivity index (χ0n) is 8.57. The lowest BCUT2D eigenvalue weighted by atomic mass is 9.96. The topological polar surface area (TPSA) is 35.2 Å². The first-order valence-electron chi connectivity index (χ1n) is 5.21. The van der Waals surface area contributed by atoms with E-state index >= 15 is 0 Å². The molecule has 0 unspecified atom stereocenters. The minimum Gasteiger partial charge on any atom is -0.372 e. The predicted molar refractivity (Wildman–Crippen MR) is 57.1 cm³/mol. The smallest absolute Gasteiger partial charge is 0.0975 e. The number of hydrogen-bond donors (Lipinski definition) is 1. The van der Waals surface area contributed by atoms with Crippen LogP contribution in [0.2, 0.25) is 0 Å². The minimum absolute atomic E-state index is 0.101. The van der Waals surface area contributed by atoms with Crippen molar-refractivity contribution in [2.45, 2.75) is 31.9 Å². The molecule has 0 radical (unpaired) electrons. The maximum atomic E-state index is 6.02. The summed E-state index contributed by atoms with van der Waals surface area (Å²) < 4.78 is 5.69. The van der Waals surface area contributed by atoms with E-state index in [0.717, 1.165) is 19.4 Å². The third-order valence-electron chi connectivity index (χ3n) is 2.77. The highest BCUT2D eigenvalue weighted by molar-refractivity contribution is 5.24.